The standard InChI is InChI=1S/C10H8N6O/c11-4-7-8(2-1-3-14-7)16-5-6(12)9(15-16)10(13)17/h1-3,5H,12H2,(H2,13,17). The third-order valence-corrected chi connectivity index (χ3v) is 2.12. The van der Waals surface area contributed by atoms with Crippen LogP contribution in [0.15, 0.2) is 24.5 Å². The molecule has 0 atom stereocenters. The Morgan fingerprint density at radius 2 is 2.29 bits per heavy atom. The van der Waals surface area contributed by atoms with E-state index in [0.29, 0.717) is 5.69 Å². The number of hydrogen-bond acceptors (Lipinski definition) is 5. The number of nitrogen functional groups attached to an aromatic ring is 1. The Bertz CT molecular complexity index is 624. The van der Waals surface area contributed by atoms with Gasteiger partial charge in [-0.1, -0.05) is 0 Å². The average Bonchev–Trinajstić information content (AvgIpc) is 2.71. The lowest BCUT2D eigenvalue weighted by Crippen LogP contribution is -2.14. The quantitative estimate of drug-likeness (QED) is 0.737. The summed E-state index contributed by atoms with van der Waals surface area (Å²) >= 11 is 0. The summed E-state index contributed by atoms with van der Waals surface area (Å²) in [5.41, 5.74) is 11.4. The SMILES string of the molecule is N#Cc1ncccc1-n1cc(N)c(C(N)=O)n1. The number of nitriles is 1. The first-order valence-electron chi connectivity index (χ1n) is 4.64. The van der Waals surface area contributed by atoms with E-state index in [9.17, 15) is 4.79 Å². The largest absolute Gasteiger partial charge is 0.396 e. The lowest BCUT2D eigenvalue weighted by Gasteiger charge is -2.01. The minimum absolute atomic E-state index is 0.0299. The summed E-state index contributed by atoms with van der Waals surface area (Å²) in [5.74, 6) is -0.719. The Morgan fingerprint density at radius 3 is 2.88 bits per heavy atom. The van der Waals surface area contributed by atoms with Gasteiger partial charge in [-0.25, -0.2) is 9.67 Å². The summed E-state index contributed by atoms with van der Waals surface area (Å²) < 4.78 is 1.31. The van der Waals surface area contributed by atoms with Crippen LogP contribution in [0.4, 0.5) is 5.69 Å². The number of aromatic nitrogens is 3. The fraction of sp³-hybridized carbons (Fsp3) is 0. The number of nitrogens with zero attached hydrogens (tertiary/aromatic N) is 4. The number of carbonyl (C=O) groups is 1. The normalized spacial score (nSPS) is 9.82. The molecular weight excluding hydrogens is 220 g/mol. The number of hydrogen-bond donors (Lipinski definition) is 2. The van der Waals surface area contributed by atoms with Crippen LogP contribution in [0.25, 0.3) is 5.69 Å². The molecule has 0 radical (unpaired) electrons. The van der Waals surface area contributed by atoms with Crippen molar-refractivity contribution in [1.82, 2.24) is 14.8 Å². The van der Waals surface area contributed by atoms with Crippen LogP contribution < -0.4 is 11.5 Å². The van der Waals surface area contributed by atoms with Crippen LogP contribution in [0.3, 0.4) is 0 Å². The van der Waals surface area contributed by atoms with Gasteiger partial charge in [-0.2, -0.15) is 10.4 Å². The summed E-state index contributed by atoms with van der Waals surface area (Å²) in [5, 5.41) is 12.8. The molecule has 0 aliphatic rings. The van der Waals surface area contributed by atoms with E-state index >= 15 is 0 Å². The number of rotatable bonds is 2. The first-order chi connectivity index (χ1) is 8.13. The van der Waals surface area contributed by atoms with Crippen molar-refractivity contribution in [1.29, 1.82) is 5.26 Å². The van der Waals surface area contributed by atoms with Crippen molar-refractivity contribution in [2.75, 3.05) is 5.73 Å². The van der Waals surface area contributed by atoms with E-state index in [2.05, 4.69) is 10.1 Å². The maximum absolute atomic E-state index is 11.0. The Labute approximate surface area is 96.3 Å². The molecule has 0 spiro atoms. The Balaban J connectivity index is 2.58. The van der Waals surface area contributed by atoms with Crippen LogP contribution in [0.1, 0.15) is 16.2 Å². The zero-order chi connectivity index (χ0) is 12.4. The number of anilines is 1. The van der Waals surface area contributed by atoms with Crippen LogP contribution in [0, 0.1) is 11.3 Å². The topological polar surface area (TPSA) is 124 Å². The highest BCUT2D eigenvalue weighted by atomic mass is 16.1. The van der Waals surface area contributed by atoms with Gasteiger partial charge in [0.1, 0.15) is 11.8 Å². The van der Waals surface area contributed by atoms with Gasteiger partial charge in [0.25, 0.3) is 5.91 Å². The maximum atomic E-state index is 11.0. The first-order valence-corrected chi connectivity index (χ1v) is 4.64. The van der Waals surface area contributed by atoms with Crippen LogP contribution >= 0.6 is 0 Å². The molecule has 0 aliphatic carbocycles. The van der Waals surface area contributed by atoms with Crippen LogP contribution in [0.2, 0.25) is 0 Å². The van der Waals surface area contributed by atoms with Crippen LogP contribution in [0.5, 0.6) is 0 Å². The summed E-state index contributed by atoms with van der Waals surface area (Å²) in [4.78, 5) is 14.9. The van der Waals surface area contributed by atoms with Crippen molar-refractivity contribution in [2.24, 2.45) is 5.73 Å². The summed E-state index contributed by atoms with van der Waals surface area (Å²) in [7, 11) is 0. The molecule has 2 heterocycles. The monoisotopic (exact) mass is 228 g/mol. The zero-order valence-electron chi connectivity index (χ0n) is 8.66. The van der Waals surface area contributed by atoms with Gasteiger partial charge < -0.3 is 11.5 Å². The molecule has 0 saturated carbocycles. The highest BCUT2D eigenvalue weighted by Crippen LogP contribution is 2.15. The van der Waals surface area contributed by atoms with E-state index in [4.69, 9.17) is 16.7 Å². The van der Waals surface area contributed by atoms with E-state index in [1.165, 1.54) is 17.1 Å². The van der Waals surface area contributed by atoms with E-state index in [1.807, 2.05) is 6.07 Å². The summed E-state index contributed by atoms with van der Waals surface area (Å²) in [6, 6.07) is 5.22. The highest BCUT2D eigenvalue weighted by molar-refractivity contribution is 5.95. The second-order valence-corrected chi connectivity index (χ2v) is 3.22. The Kier molecular flexibility index (Phi) is 2.46. The minimum Gasteiger partial charge on any atom is -0.396 e. The molecule has 1 amide bonds. The van der Waals surface area contributed by atoms with Crippen molar-refractivity contribution in [3.63, 3.8) is 0 Å². The van der Waals surface area contributed by atoms with Crippen LogP contribution in [-0.4, -0.2) is 20.7 Å². The van der Waals surface area contributed by atoms with Gasteiger partial charge in [0.05, 0.1) is 11.9 Å². The Hall–Kier alpha value is -2.88. The van der Waals surface area contributed by atoms with Gasteiger partial charge in [0, 0.05) is 6.20 Å². The average molecular weight is 228 g/mol. The van der Waals surface area contributed by atoms with Crippen LogP contribution in [-0.2, 0) is 0 Å². The van der Waals surface area contributed by atoms with Gasteiger partial charge in [0.2, 0.25) is 0 Å². The number of amides is 1. The number of carbonyl (C=O) groups excluding carboxylic acids is 1. The van der Waals surface area contributed by atoms with Crippen molar-refractivity contribution >= 4 is 11.6 Å². The van der Waals surface area contributed by atoms with Gasteiger partial charge >= 0.3 is 0 Å². The fourth-order valence-electron chi connectivity index (χ4n) is 1.37. The third kappa shape index (κ3) is 1.79. The molecule has 0 saturated heterocycles. The molecule has 0 aromatic carbocycles. The molecule has 2 aromatic heterocycles. The number of pyridine rings is 1. The molecule has 84 valence electrons. The summed E-state index contributed by atoms with van der Waals surface area (Å²) in [6.45, 7) is 0. The van der Waals surface area contributed by atoms with Crippen molar-refractivity contribution in [3.05, 3.63) is 35.9 Å². The highest BCUT2D eigenvalue weighted by Gasteiger charge is 2.14. The smallest absolute Gasteiger partial charge is 0.271 e. The predicted octanol–water partition coefficient (Wildman–Crippen LogP) is -0.180. The maximum Gasteiger partial charge on any atom is 0.271 e. The second kappa shape index (κ2) is 3.94. The van der Waals surface area contributed by atoms with Gasteiger partial charge in [-0.05, 0) is 12.1 Å². The van der Waals surface area contributed by atoms with Gasteiger partial charge in [-0.3, -0.25) is 4.79 Å². The molecule has 0 bridgehead atoms. The number of primary amides is 1. The molecule has 2 aromatic rings. The molecular formula is C10H8N6O. The molecule has 7 nitrogen and oxygen atoms in total. The predicted molar refractivity (Wildman–Crippen MR) is 59.0 cm³/mol. The molecule has 0 fully saturated rings. The van der Waals surface area contributed by atoms with E-state index < -0.39 is 5.91 Å². The molecule has 4 N–H and O–H groups in total. The number of nitrogens with two attached hydrogens (primary N) is 2. The zero-order valence-corrected chi connectivity index (χ0v) is 8.66. The summed E-state index contributed by atoms with van der Waals surface area (Å²) in [6.07, 6.45) is 2.90. The lowest BCUT2D eigenvalue weighted by molar-refractivity contribution is 0.0996. The molecule has 17 heavy (non-hydrogen) atoms. The van der Waals surface area contributed by atoms with E-state index in [1.54, 1.807) is 12.1 Å². The second-order valence-electron chi connectivity index (χ2n) is 3.22. The molecule has 0 aliphatic heterocycles. The molecule has 2 rings (SSSR count). The lowest BCUT2D eigenvalue weighted by atomic mass is 10.3. The molecule has 0 unspecified atom stereocenters. The van der Waals surface area contributed by atoms with Crippen molar-refractivity contribution in [3.8, 4) is 11.8 Å². The van der Waals surface area contributed by atoms with Gasteiger partial charge in [-0.15, -0.1) is 0 Å². The Morgan fingerprint density at radius 1 is 1.53 bits per heavy atom. The van der Waals surface area contributed by atoms with Gasteiger partial charge in [0.15, 0.2) is 11.4 Å². The van der Waals surface area contributed by atoms with E-state index in [-0.39, 0.29) is 17.1 Å². The fourth-order valence-corrected chi connectivity index (χ4v) is 1.37. The van der Waals surface area contributed by atoms with E-state index in [0.717, 1.165) is 0 Å². The minimum atomic E-state index is -0.719. The van der Waals surface area contributed by atoms with Crippen molar-refractivity contribution < 1.29 is 4.79 Å². The third-order valence-electron chi connectivity index (χ3n) is 2.12. The molecule has 7 heteroatoms. The first kappa shape index (κ1) is 10.6. The van der Waals surface area contributed by atoms with Crippen molar-refractivity contribution in [2.45, 2.75) is 0 Å².